The quantitative estimate of drug-likeness (QED) is 0.275. The van der Waals surface area contributed by atoms with Crippen molar-refractivity contribution in [2.24, 2.45) is 4.99 Å². The van der Waals surface area contributed by atoms with Crippen LogP contribution < -0.4 is 20.1 Å². The van der Waals surface area contributed by atoms with Crippen LogP contribution in [0.15, 0.2) is 23.5 Å². The number of halogens is 2. The molecule has 0 amide bonds. The van der Waals surface area contributed by atoms with Crippen LogP contribution in [0.5, 0.6) is 11.5 Å². The maximum atomic E-state index is 6.34. The van der Waals surface area contributed by atoms with Gasteiger partial charge >= 0.3 is 0 Å². The molecule has 10 heteroatoms. The molecule has 1 heterocycles. The third-order valence-corrected chi connectivity index (χ3v) is 4.28. The zero-order valence-corrected chi connectivity index (χ0v) is 20.5. The average Bonchev–Trinajstić information content (AvgIpc) is 3.15. The second kappa shape index (κ2) is 13.5. The van der Waals surface area contributed by atoms with Gasteiger partial charge in [0.1, 0.15) is 12.2 Å². The number of aryl methyl sites for hydroxylation is 1. The minimum absolute atomic E-state index is 0. The summed E-state index contributed by atoms with van der Waals surface area (Å²) < 4.78 is 13.0. The number of nitrogens with zero attached hydrogens (tertiary/aromatic N) is 4. The first-order valence-corrected chi connectivity index (χ1v) is 9.88. The fourth-order valence-electron chi connectivity index (χ4n) is 2.70. The highest BCUT2D eigenvalue weighted by Gasteiger charge is 2.11. The lowest BCUT2D eigenvalue weighted by Gasteiger charge is -2.14. The van der Waals surface area contributed by atoms with E-state index in [9.17, 15) is 0 Å². The Labute approximate surface area is 194 Å². The molecular weight excluding hydrogens is 507 g/mol. The van der Waals surface area contributed by atoms with Crippen molar-refractivity contribution in [3.63, 3.8) is 0 Å². The van der Waals surface area contributed by atoms with Crippen LogP contribution in [0.2, 0.25) is 5.02 Å². The second-order valence-corrected chi connectivity index (χ2v) is 6.37. The van der Waals surface area contributed by atoms with Crippen molar-refractivity contribution < 1.29 is 9.47 Å². The summed E-state index contributed by atoms with van der Waals surface area (Å²) in [5, 5.41) is 15.1. The van der Waals surface area contributed by atoms with E-state index in [1.807, 2.05) is 30.5 Å². The van der Waals surface area contributed by atoms with E-state index in [-0.39, 0.29) is 24.0 Å². The summed E-state index contributed by atoms with van der Waals surface area (Å²) in [7, 11) is 1.60. The highest BCUT2D eigenvalue weighted by Crippen LogP contribution is 2.36. The Morgan fingerprint density at radius 2 is 2.03 bits per heavy atom. The van der Waals surface area contributed by atoms with Gasteiger partial charge < -0.3 is 24.7 Å². The fourth-order valence-corrected chi connectivity index (χ4v) is 2.98. The molecule has 0 bridgehead atoms. The van der Waals surface area contributed by atoms with Gasteiger partial charge in [-0.05, 0) is 31.5 Å². The molecule has 0 radical (unpaired) electrons. The first kappa shape index (κ1) is 25.3. The molecule has 29 heavy (non-hydrogen) atoms. The van der Waals surface area contributed by atoms with E-state index in [0.29, 0.717) is 36.2 Å². The van der Waals surface area contributed by atoms with Crippen LogP contribution in [0.4, 0.5) is 0 Å². The Balaban J connectivity index is 0.00000420. The van der Waals surface area contributed by atoms with Crippen LogP contribution >= 0.6 is 35.6 Å². The van der Waals surface area contributed by atoms with Crippen molar-refractivity contribution in [3.8, 4) is 11.5 Å². The van der Waals surface area contributed by atoms with Crippen LogP contribution in [0.25, 0.3) is 0 Å². The fraction of sp³-hybridized carbons (Fsp3) is 0.526. The molecule has 0 aliphatic heterocycles. The Morgan fingerprint density at radius 3 is 2.69 bits per heavy atom. The largest absolute Gasteiger partial charge is 0.493 e. The molecule has 0 saturated heterocycles. The summed E-state index contributed by atoms with van der Waals surface area (Å²) in [6.45, 7) is 9.24. The molecule has 1 aromatic carbocycles. The number of methoxy groups -OCH3 is 1. The number of hydrogen-bond donors (Lipinski definition) is 2. The van der Waals surface area contributed by atoms with E-state index < -0.39 is 0 Å². The molecule has 0 fully saturated rings. The van der Waals surface area contributed by atoms with Gasteiger partial charge in [0, 0.05) is 26.1 Å². The minimum Gasteiger partial charge on any atom is -0.493 e. The van der Waals surface area contributed by atoms with E-state index in [1.165, 1.54) is 0 Å². The van der Waals surface area contributed by atoms with Crippen LogP contribution in [-0.4, -0.2) is 47.5 Å². The SMILES string of the molecule is CCNC(=NCc1cc(Cl)c(OCC)c(OC)c1)NCCn1cnnc1CC.I. The molecule has 2 N–H and O–H groups in total. The number of nitrogens with one attached hydrogen (secondary N) is 2. The van der Waals surface area contributed by atoms with Gasteiger partial charge in [0.25, 0.3) is 0 Å². The number of aliphatic imine (C=N–C) groups is 1. The maximum absolute atomic E-state index is 6.34. The van der Waals surface area contributed by atoms with E-state index in [2.05, 4.69) is 32.7 Å². The summed E-state index contributed by atoms with van der Waals surface area (Å²) >= 11 is 6.34. The van der Waals surface area contributed by atoms with Gasteiger partial charge in [0.2, 0.25) is 0 Å². The van der Waals surface area contributed by atoms with Crippen molar-refractivity contribution >= 4 is 41.5 Å². The first-order valence-electron chi connectivity index (χ1n) is 9.50. The molecule has 0 spiro atoms. The van der Waals surface area contributed by atoms with Crippen molar-refractivity contribution in [1.29, 1.82) is 0 Å². The highest BCUT2D eigenvalue weighted by atomic mass is 127. The van der Waals surface area contributed by atoms with E-state index in [0.717, 1.165) is 36.9 Å². The number of rotatable bonds is 10. The van der Waals surface area contributed by atoms with Gasteiger partial charge in [-0.1, -0.05) is 18.5 Å². The lowest BCUT2D eigenvalue weighted by Crippen LogP contribution is -2.38. The number of guanidine groups is 1. The van der Waals surface area contributed by atoms with Gasteiger partial charge in [-0.15, -0.1) is 34.2 Å². The zero-order valence-electron chi connectivity index (χ0n) is 17.4. The topological polar surface area (TPSA) is 85.6 Å². The summed E-state index contributed by atoms with van der Waals surface area (Å²) in [5.74, 6) is 2.87. The normalized spacial score (nSPS) is 11.0. The third kappa shape index (κ3) is 7.54. The summed E-state index contributed by atoms with van der Waals surface area (Å²) in [6, 6.07) is 3.75. The second-order valence-electron chi connectivity index (χ2n) is 5.96. The van der Waals surface area contributed by atoms with Crippen LogP contribution in [0.1, 0.15) is 32.2 Å². The summed E-state index contributed by atoms with van der Waals surface area (Å²) in [6.07, 6.45) is 2.60. The maximum Gasteiger partial charge on any atom is 0.191 e. The molecule has 2 aromatic rings. The van der Waals surface area contributed by atoms with Gasteiger partial charge in [-0.25, -0.2) is 4.99 Å². The predicted molar refractivity (Wildman–Crippen MR) is 127 cm³/mol. The van der Waals surface area contributed by atoms with E-state index in [1.54, 1.807) is 13.4 Å². The van der Waals surface area contributed by atoms with Crippen molar-refractivity contribution in [1.82, 2.24) is 25.4 Å². The van der Waals surface area contributed by atoms with E-state index >= 15 is 0 Å². The molecule has 1 aromatic heterocycles. The molecule has 0 aliphatic rings. The summed E-state index contributed by atoms with van der Waals surface area (Å²) in [4.78, 5) is 4.64. The molecule has 2 rings (SSSR count). The molecule has 0 saturated carbocycles. The Kier molecular flexibility index (Phi) is 11.7. The monoisotopic (exact) mass is 536 g/mol. The van der Waals surface area contributed by atoms with Crippen molar-refractivity contribution in [3.05, 3.63) is 34.9 Å². The van der Waals surface area contributed by atoms with E-state index in [4.69, 9.17) is 21.1 Å². The van der Waals surface area contributed by atoms with Crippen molar-refractivity contribution in [2.45, 2.75) is 40.3 Å². The lowest BCUT2D eigenvalue weighted by molar-refractivity contribution is 0.311. The standard InChI is InChI=1S/C19H29ClN6O2.HI/c1-5-17-25-24-13-26(17)9-8-22-19(21-6-2)23-12-14-10-15(20)18(28-7-3)16(11-14)27-4;/h10-11,13H,5-9,12H2,1-4H3,(H2,21,22,23);1H. The first-order chi connectivity index (χ1) is 13.6. The van der Waals surface area contributed by atoms with Crippen molar-refractivity contribution in [2.75, 3.05) is 26.8 Å². The number of hydrogen-bond acceptors (Lipinski definition) is 5. The van der Waals surface area contributed by atoms with Crippen LogP contribution in [0, 0.1) is 0 Å². The minimum atomic E-state index is 0. The number of aromatic nitrogens is 3. The van der Waals surface area contributed by atoms with Gasteiger partial charge in [0.05, 0.1) is 25.3 Å². The molecule has 162 valence electrons. The molecule has 8 nitrogen and oxygen atoms in total. The average molecular weight is 537 g/mol. The Hall–Kier alpha value is -1.75. The Morgan fingerprint density at radius 1 is 1.24 bits per heavy atom. The molecular formula is C19H30ClIN6O2. The van der Waals surface area contributed by atoms with Crippen LogP contribution in [0.3, 0.4) is 0 Å². The summed E-state index contributed by atoms with van der Waals surface area (Å²) in [5.41, 5.74) is 0.939. The number of ether oxygens (including phenoxy) is 2. The zero-order chi connectivity index (χ0) is 20.4. The Bertz CT molecular complexity index is 784. The van der Waals surface area contributed by atoms with Crippen LogP contribution in [-0.2, 0) is 19.5 Å². The predicted octanol–water partition coefficient (Wildman–Crippen LogP) is 3.27. The molecule has 0 aliphatic carbocycles. The van der Waals surface area contributed by atoms with Gasteiger partial charge in [-0.2, -0.15) is 0 Å². The molecule has 0 atom stereocenters. The third-order valence-electron chi connectivity index (χ3n) is 4.00. The lowest BCUT2D eigenvalue weighted by atomic mass is 10.2. The molecule has 0 unspecified atom stereocenters. The van der Waals surface area contributed by atoms with Gasteiger partial charge in [-0.3, -0.25) is 0 Å². The highest BCUT2D eigenvalue weighted by molar-refractivity contribution is 14.0. The van der Waals surface area contributed by atoms with Gasteiger partial charge in [0.15, 0.2) is 17.5 Å². The smallest absolute Gasteiger partial charge is 0.191 e. The number of benzene rings is 1.